The van der Waals surface area contributed by atoms with E-state index in [9.17, 15) is 45.6 Å². The predicted molar refractivity (Wildman–Crippen MR) is 110 cm³/mol. The molecule has 35 heavy (non-hydrogen) atoms. The number of aliphatic hydroxyl groups excluding tert-OH is 8. The van der Waals surface area contributed by atoms with Crippen LogP contribution in [0, 0.1) is 0 Å². The zero-order chi connectivity index (χ0) is 26.2. The summed E-state index contributed by atoms with van der Waals surface area (Å²) >= 11 is 0. The van der Waals surface area contributed by atoms with Crippen molar-refractivity contribution >= 4 is 5.91 Å². The molecule has 0 radical (unpaired) electrons. The summed E-state index contributed by atoms with van der Waals surface area (Å²) in [5.74, 6) is -0.585. The Kier molecular flexibility index (Phi) is 9.42. The van der Waals surface area contributed by atoms with Crippen LogP contribution in [0.4, 0.5) is 0 Å². The number of amides is 1. The maximum atomic E-state index is 11.5. The second-order valence-corrected chi connectivity index (χ2v) is 9.04. The van der Waals surface area contributed by atoms with Crippen LogP contribution < -0.4 is 5.32 Å². The summed E-state index contributed by atoms with van der Waals surface area (Å²) in [5.41, 5.74) is 0. The van der Waals surface area contributed by atoms with Gasteiger partial charge in [-0.05, 0) is 13.8 Å². The molecule has 0 bridgehead atoms. The average Bonchev–Trinajstić information content (AvgIpc) is 2.80. The molecule has 15 nitrogen and oxygen atoms in total. The van der Waals surface area contributed by atoms with E-state index in [1.54, 1.807) is 0 Å². The van der Waals surface area contributed by atoms with Crippen LogP contribution >= 0.6 is 0 Å². The number of rotatable bonds is 6. The summed E-state index contributed by atoms with van der Waals surface area (Å²) in [6.45, 7) is 3.29. The highest BCUT2D eigenvalue weighted by molar-refractivity contribution is 5.73. The van der Waals surface area contributed by atoms with Gasteiger partial charge >= 0.3 is 0 Å². The predicted octanol–water partition coefficient (Wildman–Crippen LogP) is -5.37. The maximum absolute atomic E-state index is 11.5. The summed E-state index contributed by atoms with van der Waals surface area (Å²) in [6.07, 6.45) is -20.6. The van der Waals surface area contributed by atoms with Gasteiger partial charge in [0.1, 0.15) is 61.0 Å². The van der Waals surface area contributed by atoms with Crippen LogP contribution in [0.5, 0.6) is 0 Å². The molecule has 0 saturated carbocycles. The molecule has 0 spiro atoms. The topological polar surface area (TPSA) is 237 Å². The third kappa shape index (κ3) is 5.93. The van der Waals surface area contributed by atoms with E-state index in [0.717, 1.165) is 6.92 Å². The molecular formula is C20H35NO14. The molecule has 15 atom stereocenters. The minimum Gasteiger partial charge on any atom is -0.394 e. The van der Waals surface area contributed by atoms with Gasteiger partial charge in [-0.3, -0.25) is 4.79 Å². The van der Waals surface area contributed by atoms with Crippen molar-refractivity contribution in [2.75, 3.05) is 6.61 Å². The van der Waals surface area contributed by atoms with Crippen LogP contribution in [0.2, 0.25) is 0 Å². The quantitative estimate of drug-likeness (QED) is 0.161. The summed E-state index contributed by atoms with van der Waals surface area (Å²) in [6, 6.07) is -1.34. The van der Waals surface area contributed by atoms with Crippen LogP contribution in [0.3, 0.4) is 0 Å². The van der Waals surface area contributed by atoms with Gasteiger partial charge in [0.25, 0.3) is 0 Å². The van der Waals surface area contributed by atoms with Crippen molar-refractivity contribution in [1.29, 1.82) is 0 Å². The molecule has 3 aliphatic rings. The van der Waals surface area contributed by atoms with Crippen molar-refractivity contribution in [3.63, 3.8) is 0 Å². The lowest BCUT2D eigenvalue weighted by Crippen LogP contribution is -2.67. The molecule has 0 aliphatic carbocycles. The second-order valence-electron chi connectivity index (χ2n) is 9.04. The van der Waals surface area contributed by atoms with E-state index in [2.05, 4.69) is 5.32 Å². The van der Waals surface area contributed by atoms with Gasteiger partial charge in [0.15, 0.2) is 18.9 Å². The fourth-order valence-electron chi connectivity index (χ4n) is 4.33. The van der Waals surface area contributed by atoms with Gasteiger partial charge in [0.2, 0.25) is 5.91 Å². The smallest absolute Gasteiger partial charge is 0.217 e. The zero-order valence-electron chi connectivity index (χ0n) is 19.4. The van der Waals surface area contributed by atoms with E-state index in [-0.39, 0.29) is 0 Å². The minimum absolute atomic E-state index is 0.585. The lowest BCUT2D eigenvalue weighted by atomic mass is 9.95. The van der Waals surface area contributed by atoms with Crippen LogP contribution in [-0.2, 0) is 28.5 Å². The molecule has 0 aromatic heterocycles. The first-order valence-corrected chi connectivity index (χ1v) is 11.3. The van der Waals surface area contributed by atoms with Gasteiger partial charge in [-0.2, -0.15) is 0 Å². The van der Waals surface area contributed by atoms with Crippen LogP contribution in [0.1, 0.15) is 20.8 Å². The van der Waals surface area contributed by atoms with Crippen molar-refractivity contribution in [3.05, 3.63) is 0 Å². The molecule has 3 aliphatic heterocycles. The Bertz CT molecular complexity index is 715. The van der Waals surface area contributed by atoms with Gasteiger partial charge in [0, 0.05) is 6.92 Å². The van der Waals surface area contributed by atoms with E-state index >= 15 is 0 Å². The lowest BCUT2D eigenvalue weighted by Gasteiger charge is -2.48. The first-order chi connectivity index (χ1) is 16.4. The molecule has 9 N–H and O–H groups in total. The molecule has 0 aromatic carbocycles. The van der Waals surface area contributed by atoms with Crippen molar-refractivity contribution < 1.29 is 69.3 Å². The number of nitrogens with one attached hydrogen (secondary N) is 1. The van der Waals surface area contributed by atoms with E-state index in [0.29, 0.717) is 0 Å². The molecule has 0 aromatic rings. The third-order valence-electron chi connectivity index (χ3n) is 6.42. The summed E-state index contributed by atoms with van der Waals surface area (Å²) in [7, 11) is 0. The normalized spacial score (nSPS) is 51.1. The highest BCUT2D eigenvalue weighted by Crippen LogP contribution is 2.32. The van der Waals surface area contributed by atoms with E-state index < -0.39 is 105 Å². The Hall–Kier alpha value is -1.05. The number of carbonyl (C=O) groups is 1. The first kappa shape index (κ1) is 28.5. The van der Waals surface area contributed by atoms with Gasteiger partial charge < -0.3 is 69.9 Å². The summed E-state index contributed by atoms with van der Waals surface area (Å²) in [4.78, 5) is 11.5. The average molecular weight is 513 g/mol. The Balaban J connectivity index is 1.83. The van der Waals surface area contributed by atoms with Crippen LogP contribution in [-0.4, -0.2) is 145 Å². The molecule has 3 fully saturated rings. The highest BCUT2D eigenvalue weighted by Gasteiger charge is 2.53. The number of aliphatic hydroxyl groups is 8. The van der Waals surface area contributed by atoms with Gasteiger partial charge in [-0.15, -0.1) is 0 Å². The van der Waals surface area contributed by atoms with Crippen molar-refractivity contribution in [2.45, 2.75) is 113 Å². The Morgan fingerprint density at radius 3 is 1.86 bits per heavy atom. The molecule has 15 heteroatoms. The van der Waals surface area contributed by atoms with E-state index in [1.165, 1.54) is 13.8 Å². The zero-order valence-corrected chi connectivity index (χ0v) is 19.4. The number of hydrogen-bond donors (Lipinski definition) is 9. The lowest BCUT2D eigenvalue weighted by molar-refractivity contribution is -0.379. The molecular weight excluding hydrogens is 478 g/mol. The molecule has 1 unspecified atom stereocenters. The van der Waals surface area contributed by atoms with Crippen LogP contribution in [0.15, 0.2) is 0 Å². The SMILES string of the molecule is CC(=O)N[C@H]1C(O)O[C@H](CO)[C@@H](O[C@H]2O[C@H](C)[C@@H](O)[C@H](O)[C@@H]2O[C@H]2O[C@H](C)[C@@H](O)[C@H](O)[C@@H]2O)[C@@H]1O. The van der Waals surface area contributed by atoms with Gasteiger partial charge in [-0.25, -0.2) is 0 Å². The van der Waals surface area contributed by atoms with Gasteiger partial charge in [-0.1, -0.05) is 0 Å². The van der Waals surface area contributed by atoms with Crippen molar-refractivity contribution in [3.8, 4) is 0 Å². The largest absolute Gasteiger partial charge is 0.394 e. The molecule has 1 amide bonds. The maximum Gasteiger partial charge on any atom is 0.217 e. The first-order valence-electron chi connectivity index (χ1n) is 11.3. The molecule has 3 rings (SSSR count). The van der Waals surface area contributed by atoms with Gasteiger partial charge in [0.05, 0.1) is 18.8 Å². The van der Waals surface area contributed by atoms with Crippen LogP contribution in [0.25, 0.3) is 0 Å². The Labute approximate surface area is 200 Å². The highest BCUT2D eigenvalue weighted by atomic mass is 16.8. The van der Waals surface area contributed by atoms with E-state index in [1.807, 2.05) is 0 Å². The standard InChI is InChI=1S/C20H35NO14/c1-5-10(24)13(27)15(29)19(31-5)35-17-14(28)11(25)6(2)32-20(17)34-16-8(4-22)33-18(30)9(12(16)26)21-7(3)23/h5-6,8-20,22,24-30H,4H2,1-3H3,(H,21,23)/t5-,6-,8-,9-,10-,11-,12-,13+,14+,15+,16-,17+,18?,19-,20-/m1/s1. The fraction of sp³-hybridized carbons (Fsp3) is 0.950. The fourth-order valence-corrected chi connectivity index (χ4v) is 4.33. The molecule has 3 saturated heterocycles. The van der Waals surface area contributed by atoms with E-state index in [4.69, 9.17) is 23.7 Å². The molecule has 3 heterocycles. The summed E-state index contributed by atoms with van der Waals surface area (Å²) < 4.78 is 27.7. The van der Waals surface area contributed by atoms with Crippen molar-refractivity contribution in [1.82, 2.24) is 5.32 Å². The Morgan fingerprint density at radius 2 is 1.29 bits per heavy atom. The second kappa shape index (κ2) is 11.6. The third-order valence-corrected chi connectivity index (χ3v) is 6.42. The van der Waals surface area contributed by atoms with Crippen molar-refractivity contribution in [2.24, 2.45) is 0 Å². The molecule has 204 valence electrons. The monoisotopic (exact) mass is 513 g/mol. The summed E-state index contributed by atoms with van der Waals surface area (Å²) in [5, 5.41) is 84.2. The minimum atomic E-state index is -1.74. The Morgan fingerprint density at radius 1 is 0.743 bits per heavy atom. The number of ether oxygens (including phenoxy) is 5. The number of hydrogen-bond acceptors (Lipinski definition) is 14. The number of carbonyl (C=O) groups excluding carboxylic acids is 1.